The molecule has 0 radical (unpaired) electrons. The van der Waals surface area contributed by atoms with Crippen LogP contribution in [0.15, 0.2) is 83.1 Å². The Bertz CT molecular complexity index is 1330. The first-order valence-electron chi connectivity index (χ1n) is 10.7. The summed E-state index contributed by atoms with van der Waals surface area (Å²) < 4.78 is 21.1. The minimum absolute atomic E-state index is 0.0321. The molecule has 4 aromatic rings. The SMILES string of the molecule is CCOc1ccc(-n2c(SCC(=O)N/N=C\c3ccccc3F)nnc2-c2ccc(Cl)cc2)cc1. The second kappa shape index (κ2) is 11.6. The van der Waals surface area contributed by atoms with E-state index in [0.717, 1.165) is 17.0 Å². The molecule has 35 heavy (non-hydrogen) atoms. The van der Waals surface area contributed by atoms with E-state index >= 15 is 0 Å². The molecule has 0 unspecified atom stereocenters. The summed E-state index contributed by atoms with van der Waals surface area (Å²) in [5.74, 6) is 0.601. The predicted octanol–water partition coefficient (Wildman–Crippen LogP) is 5.37. The number of hydrazone groups is 1. The number of carbonyl (C=O) groups excluding carboxylic acids is 1. The molecule has 1 heterocycles. The predicted molar refractivity (Wildman–Crippen MR) is 136 cm³/mol. The molecule has 1 aromatic heterocycles. The summed E-state index contributed by atoms with van der Waals surface area (Å²) in [7, 11) is 0. The van der Waals surface area contributed by atoms with E-state index in [9.17, 15) is 9.18 Å². The maximum Gasteiger partial charge on any atom is 0.250 e. The van der Waals surface area contributed by atoms with Crippen molar-refractivity contribution in [3.05, 3.63) is 89.2 Å². The van der Waals surface area contributed by atoms with Gasteiger partial charge in [0.1, 0.15) is 11.6 Å². The third-order valence-electron chi connectivity index (χ3n) is 4.77. The molecule has 4 rings (SSSR count). The molecule has 0 saturated heterocycles. The Morgan fingerprint density at radius 3 is 2.57 bits per heavy atom. The molecule has 0 aliphatic heterocycles. The summed E-state index contributed by atoms with van der Waals surface area (Å²) in [5, 5.41) is 13.6. The van der Waals surface area contributed by atoms with E-state index in [4.69, 9.17) is 16.3 Å². The maximum absolute atomic E-state index is 13.7. The molecular formula is C25H21ClFN5O2S. The van der Waals surface area contributed by atoms with E-state index in [0.29, 0.717) is 22.6 Å². The molecule has 0 bridgehead atoms. The number of halogens is 2. The van der Waals surface area contributed by atoms with E-state index in [1.165, 1.54) is 24.0 Å². The van der Waals surface area contributed by atoms with Crippen LogP contribution >= 0.6 is 23.4 Å². The molecule has 0 atom stereocenters. The number of aromatic nitrogens is 3. The van der Waals surface area contributed by atoms with Crippen molar-refractivity contribution < 1.29 is 13.9 Å². The Morgan fingerprint density at radius 2 is 1.86 bits per heavy atom. The summed E-state index contributed by atoms with van der Waals surface area (Å²) in [5.41, 5.74) is 4.32. The van der Waals surface area contributed by atoms with Crippen LogP contribution in [0.2, 0.25) is 5.02 Å². The fraction of sp³-hybridized carbons (Fsp3) is 0.120. The Kier molecular flexibility index (Phi) is 8.12. The van der Waals surface area contributed by atoms with E-state index in [-0.39, 0.29) is 17.2 Å². The van der Waals surface area contributed by atoms with Crippen LogP contribution in [0, 0.1) is 5.82 Å². The summed E-state index contributed by atoms with van der Waals surface area (Å²) in [6.07, 6.45) is 1.26. The van der Waals surface area contributed by atoms with Crippen molar-refractivity contribution in [3.8, 4) is 22.8 Å². The summed E-state index contributed by atoms with van der Waals surface area (Å²) in [6.45, 7) is 2.49. The van der Waals surface area contributed by atoms with Crippen LogP contribution < -0.4 is 10.2 Å². The van der Waals surface area contributed by atoms with Crippen molar-refractivity contribution in [3.63, 3.8) is 0 Å². The van der Waals surface area contributed by atoms with Gasteiger partial charge in [0.2, 0.25) is 0 Å². The lowest BCUT2D eigenvalue weighted by Crippen LogP contribution is -2.20. The van der Waals surface area contributed by atoms with Crippen molar-refractivity contribution in [1.29, 1.82) is 0 Å². The van der Waals surface area contributed by atoms with E-state index < -0.39 is 5.82 Å². The standard InChI is InChI=1S/C25H21ClFN5O2S/c1-2-34-21-13-11-20(12-14-21)32-24(17-7-9-19(26)10-8-17)30-31-25(32)35-16-23(33)29-28-15-18-5-3-4-6-22(18)27/h3-15H,2,16H2,1H3,(H,29,33)/b28-15-. The highest BCUT2D eigenvalue weighted by Gasteiger charge is 2.17. The van der Waals surface area contributed by atoms with Gasteiger partial charge in [0, 0.05) is 21.8 Å². The van der Waals surface area contributed by atoms with Gasteiger partial charge in [0.25, 0.3) is 5.91 Å². The number of benzene rings is 3. The van der Waals surface area contributed by atoms with E-state index in [1.807, 2.05) is 47.9 Å². The number of nitrogens with one attached hydrogen (secondary N) is 1. The molecule has 7 nitrogen and oxygen atoms in total. The van der Waals surface area contributed by atoms with Crippen molar-refractivity contribution in [1.82, 2.24) is 20.2 Å². The maximum atomic E-state index is 13.7. The lowest BCUT2D eigenvalue weighted by Gasteiger charge is -2.11. The lowest BCUT2D eigenvalue weighted by molar-refractivity contribution is -0.118. The second-order valence-corrected chi connectivity index (χ2v) is 8.56. The highest BCUT2D eigenvalue weighted by molar-refractivity contribution is 7.99. The van der Waals surface area contributed by atoms with Gasteiger partial charge >= 0.3 is 0 Å². The largest absolute Gasteiger partial charge is 0.494 e. The lowest BCUT2D eigenvalue weighted by atomic mass is 10.2. The summed E-state index contributed by atoms with van der Waals surface area (Å²) >= 11 is 7.25. The summed E-state index contributed by atoms with van der Waals surface area (Å²) in [4.78, 5) is 12.3. The molecule has 0 fully saturated rings. The Balaban J connectivity index is 1.53. The van der Waals surface area contributed by atoms with Gasteiger partial charge < -0.3 is 4.74 Å². The smallest absolute Gasteiger partial charge is 0.250 e. The number of rotatable bonds is 9. The minimum Gasteiger partial charge on any atom is -0.494 e. The van der Waals surface area contributed by atoms with Gasteiger partial charge in [-0.25, -0.2) is 9.82 Å². The van der Waals surface area contributed by atoms with Gasteiger partial charge in [-0.1, -0.05) is 41.6 Å². The van der Waals surface area contributed by atoms with Crippen molar-refractivity contribution in [2.75, 3.05) is 12.4 Å². The van der Waals surface area contributed by atoms with Crippen LogP contribution in [0.5, 0.6) is 5.75 Å². The first-order valence-corrected chi connectivity index (χ1v) is 12.1. The monoisotopic (exact) mass is 509 g/mol. The average molecular weight is 510 g/mol. The Labute approximate surface area is 211 Å². The molecule has 0 spiro atoms. The van der Waals surface area contributed by atoms with Crippen LogP contribution in [0.25, 0.3) is 17.1 Å². The first-order chi connectivity index (χ1) is 17.0. The van der Waals surface area contributed by atoms with E-state index in [1.54, 1.807) is 30.3 Å². The van der Waals surface area contributed by atoms with Gasteiger partial charge in [0.15, 0.2) is 11.0 Å². The molecule has 0 aliphatic rings. The van der Waals surface area contributed by atoms with Crippen molar-refractivity contribution in [2.45, 2.75) is 12.1 Å². The third kappa shape index (κ3) is 6.26. The number of hydrogen-bond acceptors (Lipinski definition) is 6. The zero-order valence-corrected chi connectivity index (χ0v) is 20.3. The van der Waals surface area contributed by atoms with Crippen LogP contribution in [-0.4, -0.2) is 39.2 Å². The van der Waals surface area contributed by atoms with Gasteiger partial charge in [0.05, 0.1) is 18.6 Å². The molecule has 178 valence electrons. The quantitative estimate of drug-likeness (QED) is 0.186. The molecule has 1 amide bonds. The molecule has 10 heteroatoms. The summed E-state index contributed by atoms with van der Waals surface area (Å²) in [6, 6.07) is 21.0. The van der Waals surface area contributed by atoms with Crippen LogP contribution in [-0.2, 0) is 4.79 Å². The minimum atomic E-state index is -0.418. The molecule has 0 saturated carbocycles. The van der Waals surface area contributed by atoms with Crippen LogP contribution in [0.4, 0.5) is 4.39 Å². The van der Waals surface area contributed by atoms with Crippen molar-refractivity contribution >= 4 is 35.5 Å². The zero-order chi connectivity index (χ0) is 24.6. The van der Waals surface area contributed by atoms with Gasteiger partial charge in [-0.3, -0.25) is 9.36 Å². The average Bonchev–Trinajstić information content (AvgIpc) is 3.29. The molecule has 1 N–H and O–H groups in total. The number of amides is 1. The number of carbonyl (C=O) groups is 1. The number of thioether (sulfide) groups is 1. The fourth-order valence-electron chi connectivity index (χ4n) is 3.16. The molecular weight excluding hydrogens is 489 g/mol. The highest BCUT2D eigenvalue weighted by atomic mass is 35.5. The molecule has 0 aliphatic carbocycles. The second-order valence-electron chi connectivity index (χ2n) is 7.18. The Morgan fingerprint density at radius 1 is 1.11 bits per heavy atom. The number of nitrogens with zero attached hydrogens (tertiary/aromatic N) is 4. The van der Waals surface area contributed by atoms with Crippen LogP contribution in [0.1, 0.15) is 12.5 Å². The van der Waals surface area contributed by atoms with E-state index in [2.05, 4.69) is 20.7 Å². The normalized spacial score (nSPS) is 11.1. The topological polar surface area (TPSA) is 81.4 Å². The van der Waals surface area contributed by atoms with Gasteiger partial charge in [-0.05, 0) is 61.5 Å². The Hall–Kier alpha value is -3.69. The number of ether oxygens (including phenoxy) is 1. The van der Waals surface area contributed by atoms with Crippen LogP contribution in [0.3, 0.4) is 0 Å². The zero-order valence-electron chi connectivity index (χ0n) is 18.7. The fourth-order valence-corrected chi connectivity index (χ4v) is 4.03. The third-order valence-corrected chi connectivity index (χ3v) is 5.95. The van der Waals surface area contributed by atoms with Gasteiger partial charge in [-0.15, -0.1) is 10.2 Å². The molecule has 3 aromatic carbocycles. The highest BCUT2D eigenvalue weighted by Crippen LogP contribution is 2.29. The first kappa shape index (κ1) is 24.4. The number of hydrogen-bond donors (Lipinski definition) is 1. The van der Waals surface area contributed by atoms with Gasteiger partial charge in [-0.2, -0.15) is 5.10 Å². The van der Waals surface area contributed by atoms with Crippen molar-refractivity contribution in [2.24, 2.45) is 5.10 Å².